The predicted molar refractivity (Wildman–Crippen MR) is 165 cm³/mol. The van der Waals surface area contributed by atoms with Crippen molar-refractivity contribution < 1.29 is 37.8 Å². The van der Waals surface area contributed by atoms with E-state index in [1.165, 1.54) is 12.3 Å². The number of rotatable bonds is 10. The van der Waals surface area contributed by atoms with Crippen LogP contribution in [0.3, 0.4) is 0 Å². The van der Waals surface area contributed by atoms with E-state index in [2.05, 4.69) is 10.2 Å². The molecule has 2 amide bonds. The number of amides is 2. The van der Waals surface area contributed by atoms with E-state index < -0.39 is 17.7 Å². The van der Waals surface area contributed by atoms with Gasteiger partial charge in [-0.15, -0.1) is 0 Å². The lowest BCUT2D eigenvalue weighted by Gasteiger charge is -2.42. The maximum atomic E-state index is 15.4. The number of methoxy groups -OCH3 is 1. The molecule has 0 radical (unpaired) electrons. The minimum absolute atomic E-state index is 0.0440. The van der Waals surface area contributed by atoms with Crippen LogP contribution in [0, 0.1) is 11.7 Å². The van der Waals surface area contributed by atoms with Crippen molar-refractivity contribution in [3.63, 3.8) is 0 Å². The second kappa shape index (κ2) is 13.5. The van der Waals surface area contributed by atoms with Crippen LogP contribution in [0.2, 0.25) is 5.02 Å². The lowest BCUT2D eigenvalue weighted by molar-refractivity contribution is -0.144. The van der Waals surface area contributed by atoms with Crippen LogP contribution in [0.15, 0.2) is 47.1 Å². The second-order valence-corrected chi connectivity index (χ2v) is 12.7. The number of carboxylic acid groups (broad SMARTS) is 1. The number of carbonyl (C=O) groups excluding carboxylic acids is 2. The molecule has 0 unspecified atom stereocenters. The third-order valence-corrected chi connectivity index (χ3v) is 9.75. The van der Waals surface area contributed by atoms with Gasteiger partial charge in [0.2, 0.25) is 5.91 Å². The Kier molecular flexibility index (Phi) is 9.41. The molecule has 6 rings (SSSR count). The van der Waals surface area contributed by atoms with Crippen LogP contribution >= 0.6 is 11.6 Å². The van der Waals surface area contributed by atoms with Crippen molar-refractivity contribution in [1.82, 2.24) is 9.80 Å². The van der Waals surface area contributed by atoms with Crippen molar-refractivity contribution in [2.45, 2.75) is 62.8 Å². The second-order valence-electron chi connectivity index (χ2n) is 12.2. The minimum Gasteiger partial charge on any atom is -0.481 e. The van der Waals surface area contributed by atoms with Gasteiger partial charge in [0.1, 0.15) is 17.7 Å². The normalized spacial score (nSPS) is 24.1. The fourth-order valence-corrected chi connectivity index (χ4v) is 6.92. The Morgan fingerprint density at radius 1 is 1.09 bits per heavy atom. The topological polar surface area (TPSA) is 122 Å². The van der Waals surface area contributed by atoms with E-state index in [9.17, 15) is 19.5 Å². The van der Waals surface area contributed by atoms with Gasteiger partial charge in [-0.1, -0.05) is 29.8 Å². The van der Waals surface area contributed by atoms with Crippen molar-refractivity contribution >= 4 is 46.0 Å². The van der Waals surface area contributed by atoms with Crippen LogP contribution in [0.25, 0.3) is 11.0 Å². The molecular weight excluding hydrogens is 605 g/mol. The number of anilines is 1. The lowest BCUT2D eigenvalue weighted by atomic mass is 9.87. The fraction of sp³-hybridized carbons (Fsp3) is 0.485. The number of hydrogen-bond acceptors (Lipinski definition) is 7. The average molecular weight is 642 g/mol. The van der Waals surface area contributed by atoms with Gasteiger partial charge in [0.25, 0.3) is 5.91 Å². The first-order valence-corrected chi connectivity index (χ1v) is 15.7. The summed E-state index contributed by atoms with van der Waals surface area (Å²) in [5.41, 5.74) is 1.08. The number of halogens is 2. The van der Waals surface area contributed by atoms with Crippen molar-refractivity contribution in [2.24, 2.45) is 5.92 Å². The molecule has 3 aromatic rings. The SMILES string of the molecule is COC1CN([C@H]2C[C@@H](CO[C@H]3CC[C@H](C(=O)O)CC3)N(C(=O)Cc3cc(Cl)c(NC(=O)c4coc5ccccc45)cc3F)C2)C1. The number of hydrogen-bond donors (Lipinski definition) is 2. The Bertz CT molecular complexity index is 1570. The quantitative estimate of drug-likeness (QED) is 0.318. The van der Waals surface area contributed by atoms with Gasteiger partial charge in [0.05, 0.1) is 53.5 Å². The molecule has 3 fully saturated rings. The van der Waals surface area contributed by atoms with Gasteiger partial charge in [-0.2, -0.15) is 0 Å². The number of carboxylic acids is 1. The first-order chi connectivity index (χ1) is 21.7. The monoisotopic (exact) mass is 641 g/mol. The van der Waals surface area contributed by atoms with E-state index in [-0.39, 0.29) is 58.8 Å². The molecule has 10 nitrogen and oxygen atoms in total. The van der Waals surface area contributed by atoms with Crippen molar-refractivity contribution in [2.75, 3.05) is 38.7 Å². The molecule has 2 saturated heterocycles. The summed E-state index contributed by atoms with van der Waals surface area (Å²) in [5, 5.41) is 12.7. The first kappa shape index (κ1) is 31.5. The Hall–Kier alpha value is -3.51. The van der Waals surface area contributed by atoms with Crippen LogP contribution in [0.5, 0.6) is 0 Å². The zero-order valence-electron chi connectivity index (χ0n) is 25.0. The number of para-hydroxylation sites is 1. The maximum Gasteiger partial charge on any atom is 0.306 e. The van der Waals surface area contributed by atoms with E-state index in [1.807, 2.05) is 0 Å². The van der Waals surface area contributed by atoms with Gasteiger partial charge in [-0.25, -0.2) is 4.39 Å². The standard InChI is InChI=1S/C33H37ClFN3O7/c1-43-24-15-37(16-24)21-12-22(17-44-23-8-6-19(7-9-23)33(41)42)38(14-21)31(39)11-20-10-27(34)29(13-28(20)35)36-32(40)26-18-45-30-5-3-2-4-25(26)30/h2-5,10,13,18-19,21-24H,6-9,11-12,14-17H2,1H3,(H,36,40)(H,41,42)/t19-,21-,22-,23-/m0/s1. The van der Waals surface area contributed by atoms with Gasteiger partial charge in [-0.05, 0) is 55.9 Å². The molecule has 1 saturated carbocycles. The minimum atomic E-state index is -0.762. The highest BCUT2D eigenvalue weighted by molar-refractivity contribution is 6.34. The molecule has 3 aliphatic rings. The Morgan fingerprint density at radius 2 is 1.84 bits per heavy atom. The van der Waals surface area contributed by atoms with Crippen LogP contribution in [-0.2, 0) is 25.5 Å². The molecule has 45 heavy (non-hydrogen) atoms. The highest BCUT2D eigenvalue weighted by Gasteiger charge is 2.42. The number of likely N-dealkylation sites (tertiary alicyclic amines) is 2. The smallest absolute Gasteiger partial charge is 0.306 e. The number of carbonyl (C=O) groups is 3. The molecule has 12 heteroatoms. The number of furan rings is 1. The molecule has 1 aromatic heterocycles. The van der Waals surface area contributed by atoms with E-state index in [1.54, 1.807) is 36.3 Å². The van der Waals surface area contributed by atoms with Gasteiger partial charge in [0.15, 0.2) is 0 Å². The van der Waals surface area contributed by atoms with Gasteiger partial charge >= 0.3 is 5.97 Å². The van der Waals surface area contributed by atoms with E-state index >= 15 is 4.39 Å². The van der Waals surface area contributed by atoms with Crippen molar-refractivity contribution in [3.05, 3.63) is 64.6 Å². The van der Waals surface area contributed by atoms with Gasteiger partial charge < -0.3 is 29.2 Å². The zero-order valence-corrected chi connectivity index (χ0v) is 25.8. The number of fused-ring (bicyclic) bond motifs is 1. The maximum absolute atomic E-state index is 15.4. The van der Waals surface area contributed by atoms with E-state index in [4.69, 9.17) is 25.5 Å². The summed E-state index contributed by atoms with van der Waals surface area (Å²) >= 11 is 6.48. The third kappa shape index (κ3) is 6.86. The van der Waals surface area contributed by atoms with Crippen LogP contribution in [0.1, 0.15) is 48.0 Å². The highest BCUT2D eigenvalue weighted by Crippen LogP contribution is 2.32. The molecule has 0 bridgehead atoms. The van der Waals surface area contributed by atoms with Crippen molar-refractivity contribution in [3.8, 4) is 0 Å². The third-order valence-electron chi connectivity index (χ3n) is 9.44. The summed E-state index contributed by atoms with van der Waals surface area (Å²) < 4.78 is 32.5. The molecule has 3 heterocycles. The van der Waals surface area contributed by atoms with Gasteiger partial charge in [-0.3, -0.25) is 19.3 Å². The summed E-state index contributed by atoms with van der Waals surface area (Å²) in [4.78, 5) is 42.0. The zero-order chi connectivity index (χ0) is 31.7. The highest BCUT2D eigenvalue weighted by atomic mass is 35.5. The summed E-state index contributed by atoms with van der Waals surface area (Å²) in [6, 6.07) is 9.56. The van der Waals surface area contributed by atoms with E-state index in [0.29, 0.717) is 55.4 Å². The lowest BCUT2D eigenvalue weighted by Crippen LogP contribution is -2.56. The first-order valence-electron chi connectivity index (χ1n) is 15.4. The fourth-order valence-electron chi connectivity index (χ4n) is 6.69. The molecule has 240 valence electrons. The molecule has 0 spiro atoms. The molecule has 2 N–H and O–H groups in total. The number of nitrogens with zero attached hydrogens (tertiary/aromatic N) is 2. The van der Waals surface area contributed by atoms with Crippen LogP contribution < -0.4 is 5.32 Å². The number of nitrogens with one attached hydrogen (secondary N) is 1. The Labute approximate surface area is 265 Å². The number of benzene rings is 2. The van der Waals surface area contributed by atoms with Crippen LogP contribution in [0.4, 0.5) is 10.1 Å². The molecule has 2 aliphatic heterocycles. The van der Waals surface area contributed by atoms with Crippen molar-refractivity contribution in [1.29, 1.82) is 0 Å². The summed E-state index contributed by atoms with van der Waals surface area (Å²) in [6.45, 7) is 2.42. The van der Waals surface area contributed by atoms with Crippen LogP contribution in [-0.4, -0.2) is 90.3 Å². The number of ether oxygens (including phenoxy) is 2. The molecule has 1 aliphatic carbocycles. The largest absolute Gasteiger partial charge is 0.481 e. The summed E-state index contributed by atoms with van der Waals surface area (Å²) in [6.07, 6.45) is 4.52. The Balaban J connectivity index is 1.11. The number of aliphatic carboxylic acids is 1. The molecular formula is C33H37ClFN3O7. The predicted octanol–water partition coefficient (Wildman–Crippen LogP) is 4.98. The summed E-state index contributed by atoms with van der Waals surface area (Å²) in [5.74, 6) is -2.46. The average Bonchev–Trinajstić information content (AvgIpc) is 3.63. The molecule has 2 atom stereocenters. The Morgan fingerprint density at radius 3 is 2.58 bits per heavy atom. The van der Waals surface area contributed by atoms with Gasteiger partial charge in [0, 0.05) is 38.2 Å². The van der Waals surface area contributed by atoms with E-state index in [0.717, 1.165) is 25.6 Å². The molecule has 2 aromatic carbocycles. The summed E-state index contributed by atoms with van der Waals surface area (Å²) in [7, 11) is 1.69.